The molecule has 3 rings (SSSR count). The van der Waals surface area contributed by atoms with Gasteiger partial charge in [-0.25, -0.2) is 0 Å². The number of ether oxygens (including phenoxy) is 2. The Balaban J connectivity index is 2.02. The molecule has 2 aliphatic rings. The third kappa shape index (κ3) is 2.51. The van der Waals surface area contributed by atoms with Crippen LogP contribution in [0.1, 0.15) is 33.1 Å². The van der Waals surface area contributed by atoms with E-state index in [2.05, 4.69) is 0 Å². The normalized spacial score (nSPS) is 31.6. The molecule has 0 unspecified atom stereocenters. The summed E-state index contributed by atoms with van der Waals surface area (Å²) in [6, 6.07) is 7.14. The van der Waals surface area contributed by atoms with Gasteiger partial charge in [0, 0.05) is 12.2 Å². The average molecular weight is 347 g/mol. The van der Waals surface area contributed by atoms with Gasteiger partial charge in [-0.15, -0.1) is 0 Å². The van der Waals surface area contributed by atoms with E-state index in [0.29, 0.717) is 30.7 Å². The maximum atomic E-state index is 12.9. The molecule has 3 atom stereocenters. The Morgan fingerprint density at radius 1 is 1.32 bits per heavy atom. The second-order valence-corrected chi connectivity index (χ2v) is 6.92. The number of benzene rings is 1. The third-order valence-electron chi connectivity index (χ3n) is 5.82. The van der Waals surface area contributed by atoms with Gasteiger partial charge in [-0.2, -0.15) is 0 Å². The fourth-order valence-electron chi connectivity index (χ4n) is 4.34. The molecule has 1 aromatic carbocycles. The highest BCUT2D eigenvalue weighted by Crippen LogP contribution is 2.55. The molecular formula is C19H25NO5. The number of piperidine rings is 1. The fraction of sp³-hybridized carbons (Fsp3) is 0.579. The number of carbonyl (C=O) groups excluding carboxylic acids is 2. The lowest BCUT2D eigenvalue weighted by atomic mass is 9.64. The number of rotatable bonds is 4. The van der Waals surface area contributed by atoms with E-state index in [0.717, 1.165) is 0 Å². The molecule has 0 bridgehead atoms. The van der Waals surface area contributed by atoms with Crippen LogP contribution >= 0.6 is 0 Å². The predicted molar refractivity (Wildman–Crippen MR) is 92.4 cm³/mol. The van der Waals surface area contributed by atoms with Gasteiger partial charge in [-0.05, 0) is 50.5 Å². The van der Waals surface area contributed by atoms with E-state index >= 15 is 0 Å². The maximum absolute atomic E-state index is 12.9. The van der Waals surface area contributed by atoms with Gasteiger partial charge < -0.3 is 19.5 Å². The van der Waals surface area contributed by atoms with Crippen molar-refractivity contribution in [1.82, 2.24) is 0 Å². The second kappa shape index (κ2) is 6.33. The topological polar surface area (TPSA) is 76.1 Å². The SMILES string of the molecule is CCOC(=O)[C@@]12CCC[C@]1(O)[C@@H](C)C(=O)N(c1ccc(OC)cc1)C2. The predicted octanol–water partition coefficient (Wildman–Crippen LogP) is 2.14. The Hall–Kier alpha value is -2.08. The molecular weight excluding hydrogens is 322 g/mol. The van der Waals surface area contributed by atoms with Crippen LogP contribution in [0, 0.1) is 11.3 Å². The molecule has 25 heavy (non-hydrogen) atoms. The van der Waals surface area contributed by atoms with Crippen molar-refractivity contribution in [3.8, 4) is 5.75 Å². The summed E-state index contributed by atoms with van der Waals surface area (Å²) >= 11 is 0. The van der Waals surface area contributed by atoms with Crippen LogP contribution in [0.4, 0.5) is 5.69 Å². The monoisotopic (exact) mass is 347 g/mol. The minimum Gasteiger partial charge on any atom is -0.497 e. The Morgan fingerprint density at radius 2 is 2.00 bits per heavy atom. The number of hydrogen-bond donors (Lipinski definition) is 1. The van der Waals surface area contributed by atoms with Crippen LogP contribution in [0.5, 0.6) is 5.75 Å². The van der Waals surface area contributed by atoms with Crippen molar-refractivity contribution in [2.45, 2.75) is 38.7 Å². The van der Waals surface area contributed by atoms with Crippen molar-refractivity contribution >= 4 is 17.6 Å². The first kappa shape index (κ1) is 17.7. The standard InChI is InChI=1S/C19H25NO5/c1-4-25-17(22)18-10-5-11-19(18,23)13(2)16(21)20(12-18)14-6-8-15(24-3)9-7-14/h6-9,13,23H,4-5,10-12H2,1-3H3/t13-,18-,19-/m0/s1. The Morgan fingerprint density at radius 3 is 2.60 bits per heavy atom. The van der Waals surface area contributed by atoms with E-state index in [9.17, 15) is 14.7 Å². The highest BCUT2D eigenvalue weighted by Gasteiger charge is 2.67. The van der Waals surface area contributed by atoms with Gasteiger partial charge in [0.2, 0.25) is 5.91 Å². The third-order valence-corrected chi connectivity index (χ3v) is 5.82. The molecule has 6 nitrogen and oxygen atoms in total. The number of esters is 1. The molecule has 1 N–H and O–H groups in total. The van der Waals surface area contributed by atoms with Crippen LogP contribution in [-0.4, -0.2) is 42.8 Å². The summed E-state index contributed by atoms with van der Waals surface area (Å²) in [5.74, 6) is -0.559. The number of hydrogen-bond acceptors (Lipinski definition) is 5. The van der Waals surface area contributed by atoms with Crippen molar-refractivity contribution < 1.29 is 24.2 Å². The van der Waals surface area contributed by atoms with Crippen molar-refractivity contribution in [2.24, 2.45) is 11.3 Å². The number of nitrogens with zero attached hydrogens (tertiary/aromatic N) is 1. The van der Waals surface area contributed by atoms with Gasteiger partial charge in [0.05, 0.1) is 25.2 Å². The number of fused-ring (bicyclic) bond motifs is 1. The minimum atomic E-state index is -1.35. The van der Waals surface area contributed by atoms with Crippen molar-refractivity contribution in [2.75, 3.05) is 25.2 Å². The molecule has 6 heteroatoms. The van der Waals surface area contributed by atoms with Crippen molar-refractivity contribution in [1.29, 1.82) is 0 Å². The summed E-state index contributed by atoms with van der Waals surface area (Å²) in [5.41, 5.74) is -1.73. The summed E-state index contributed by atoms with van der Waals surface area (Å²) in [4.78, 5) is 27.3. The van der Waals surface area contributed by atoms with Crippen LogP contribution in [0.25, 0.3) is 0 Å². The number of amides is 1. The van der Waals surface area contributed by atoms with Crippen LogP contribution in [-0.2, 0) is 14.3 Å². The molecule has 0 aromatic heterocycles. The number of aliphatic hydroxyl groups is 1. The van der Waals surface area contributed by atoms with Gasteiger partial charge in [0.1, 0.15) is 11.2 Å². The molecule has 1 aliphatic carbocycles. The van der Waals surface area contributed by atoms with E-state index < -0.39 is 22.9 Å². The zero-order valence-electron chi connectivity index (χ0n) is 14.9. The fourth-order valence-corrected chi connectivity index (χ4v) is 4.34. The first-order valence-corrected chi connectivity index (χ1v) is 8.74. The van der Waals surface area contributed by atoms with E-state index in [1.54, 1.807) is 50.1 Å². The molecule has 1 aliphatic heterocycles. The van der Waals surface area contributed by atoms with Crippen LogP contribution in [0.3, 0.4) is 0 Å². The van der Waals surface area contributed by atoms with Crippen molar-refractivity contribution in [3.63, 3.8) is 0 Å². The molecule has 2 fully saturated rings. The zero-order chi connectivity index (χ0) is 18.2. The van der Waals surface area contributed by atoms with Gasteiger partial charge in [0.15, 0.2) is 0 Å². The molecule has 1 amide bonds. The minimum absolute atomic E-state index is 0.137. The Bertz CT molecular complexity index is 673. The lowest BCUT2D eigenvalue weighted by molar-refractivity contribution is -0.183. The van der Waals surface area contributed by atoms with E-state index in [1.165, 1.54) is 0 Å². The molecule has 0 spiro atoms. The number of carbonyl (C=O) groups is 2. The van der Waals surface area contributed by atoms with Gasteiger partial charge in [-0.1, -0.05) is 6.92 Å². The van der Waals surface area contributed by atoms with Gasteiger partial charge in [-0.3, -0.25) is 9.59 Å². The number of anilines is 1. The number of methoxy groups -OCH3 is 1. The smallest absolute Gasteiger partial charge is 0.316 e. The molecule has 1 saturated heterocycles. The molecule has 1 aromatic rings. The second-order valence-electron chi connectivity index (χ2n) is 6.92. The summed E-state index contributed by atoms with van der Waals surface area (Å²) in [6.45, 7) is 3.85. The Kier molecular flexibility index (Phi) is 4.49. The van der Waals surface area contributed by atoms with E-state index in [-0.39, 0.29) is 19.1 Å². The van der Waals surface area contributed by atoms with E-state index in [4.69, 9.17) is 9.47 Å². The Labute approximate surface area is 147 Å². The largest absolute Gasteiger partial charge is 0.497 e. The maximum Gasteiger partial charge on any atom is 0.316 e. The summed E-state index contributed by atoms with van der Waals surface area (Å²) in [7, 11) is 1.58. The summed E-state index contributed by atoms with van der Waals surface area (Å²) < 4.78 is 10.5. The van der Waals surface area contributed by atoms with Gasteiger partial charge >= 0.3 is 5.97 Å². The average Bonchev–Trinajstić information content (AvgIpc) is 2.97. The molecule has 1 saturated carbocycles. The lowest BCUT2D eigenvalue weighted by Gasteiger charge is -2.51. The van der Waals surface area contributed by atoms with Crippen molar-refractivity contribution in [3.05, 3.63) is 24.3 Å². The van der Waals surface area contributed by atoms with Gasteiger partial charge in [0.25, 0.3) is 0 Å². The molecule has 136 valence electrons. The lowest BCUT2D eigenvalue weighted by Crippen LogP contribution is -2.67. The highest BCUT2D eigenvalue weighted by atomic mass is 16.5. The summed E-state index contributed by atoms with van der Waals surface area (Å²) in [6.07, 6.45) is 1.66. The first-order chi connectivity index (χ1) is 11.9. The zero-order valence-corrected chi connectivity index (χ0v) is 14.9. The van der Waals surface area contributed by atoms with Crippen LogP contribution in [0.2, 0.25) is 0 Å². The molecule has 1 heterocycles. The summed E-state index contributed by atoms with van der Waals surface area (Å²) in [5, 5.41) is 11.3. The highest BCUT2D eigenvalue weighted by molar-refractivity contribution is 5.99. The van der Waals surface area contributed by atoms with E-state index in [1.807, 2.05) is 0 Å². The molecule has 0 radical (unpaired) electrons. The first-order valence-electron chi connectivity index (χ1n) is 8.74. The van der Waals surface area contributed by atoms with Crippen LogP contribution < -0.4 is 9.64 Å². The quantitative estimate of drug-likeness (QED) is 0.845. The van der Waals surface area contributed by atoms with Crippen LogP contribution in [0.15, 0.2) is 24.3 Å².